The number of aromatic nitrogens is 2. The van der Waals surface area contributed by atoms with Crippen LogP contribution in [0.25, 0.3) is 11.1 Å². The molecule has 2 rings (SSSR count). The molecule has 0 spiro atoms. The molecule has 19 heavy (non-hydrogen) atoms. The minimum atomic E-state index is 0.446. The van der Waals surface area contributed by atoms with Crippen molar-refractivity contribution < 1.29 is 4.42 Å². The van der Waals surface area contributed by atoms with E-state index in [1.54, 1.807) is 6.26 Å². The van der Waals surface area contributed by atoms with Crippen molar-refractivity contribution in [3.8, 4) is 11.1 Å². The highest BCUT2D eigenvalue weighted by Gasteiger charge is 2.14. The third-order valence-electron chi connectivity index (χ3n) is 3.11. The van der Waals surface area contributed by atoms with Crippen molar-refractivity contribution in [2.24, 2.45) is 0 Å². The van der Waals surface area contributed by atoms with Crippen molar-refractivity contribution in [3.05, 3.63) is 30.0 Å². The van der Waals surface area contributed by atoms with Crippen molar-refractivity contribution in [1.82, 2.24) is 15.1 Å². The van der Waals surface area contributed by atoms with E-state index in [1.807, 2.05) is 17.7 Å². The van der Waals surface area contributed by atoms with Crippen LogP contribution in [-0.4, -0.2) is 15.8 Å². The van der Waals surface area contributed by atoms with Crippen LogP contribution in [0, 0.1) is 6.92 Å². The zero-order chi connectivity index (χ0) is 13.8. The quantitative estimate of drug-likeness (QED) is 0.867. The molecule has 0 aliphatic carbocycles. The maximum Gasteiger partial charge on any atom is 0.125 e. The van der Waals surface area contributed by atoms with Gasteiger partial charge in [0.15, 0.2) is 0 Å². The summed E-state index contributed by atoms with van der Waals surface area (Å²) in [6.07, 6.45) is 4.96. The van der Waals surface area contributed by atoms with E-state index in [0.717, 1.165) is 36.5 Å². The monoisotopic (exact) mass is 261 g/mol. The van der Waals surface area contributed by atoms with Crippen molar-refractivity contribution in [3.63, 3.8) is 0 Å². The molecule has 0 amide bonds. The average molecular weight is 261 g/mol. The molecular weight excluding hydrogens is 238 g/mol. The molecule has 4 heteroatoms. The molecule has 0 atom stereocenters. The van der Waals surface area contributed by atoms with Gasteiger partial charge in [0.1, 0.15) is 5.76 Å². The molecule has 0 aliphatic rings. The Morgan fingerprint density at radius 2 is 2.16 bits per heavy atom. The van der Waals surface area contributed by atoms with Gasteiger partial charge in [-0.1, -0.05) is 20.8 Å². The van der Waals surface area contributed by atoms with E-state index in [1.165, 1.54) is 5.56 Å². The summed E-state index contributed by atoms with van der Waals surface area (Å²) in [6.45, 7) is 10.2. The molecule has 4 nitrogen and oxygen atoms in total. The van der Waals surface area contributed by atoms with E-state index in [4.69, 9.17) is 4.42 Å². The Morgan fingerprint density at radius 3 is 2.84 bits per heavy atom. The minimum Gasteiger partial charge on any atom is -0.467 e. The normalized spacial score (nSPS) is 11.4. The Morgan fingerprint density at radius 1 is 1.37 bits per heavy atom. The molecule has 0 saturated carbocycles. The number of nitrogens with zero attached hydrogens (tertiary/aromatic N) is 2. The fourth-order valence-corrected chi connectivity index (χ4v) is 2.14. The highest BCUT2D eigenvalue weighted by molar-refractivity contribution is 5.67. The summed E-state index contributed by atoms with van der Waals surface area (Å²) in [6, 6.07) is 2.47. The van der Waals surface area contributed by atoms with Crippen molar-refractivity contribution in [2.75, 3.05) is 0 Å². The van der Waals surface area contributed by atoms with Crippen LogP contribution in [0.15, 0.2) is 22.9 Å². The molecule has 0 bridgehead atoms. The predicted molar refractivity (Wildman–Crippen MR) is 76.9 cm³/mol. The molecule has 0 fully saturated rings. The Balaban J connectivity index is 2.24. The average Bonchev–Trinajstić information content (AvgIpc) is 2.93. The van der Waals surface area contributed by atoms with Gasteiger partial charge in [0, 0.05) is 29.9 Å². The summed E-state index contributed by atoms with van der Waals surface area (Å²) in [7, 11) is 0. The molecule has 0 radical (unpaired) electrons. The van der Waals surface area contributed by atoms with Crippen LogP contribution >= 0.6 is 0 Å². The summed E-state index contributed by atoms with van der Waals surface area (Å²) < 4.78 is 7.61. The fourth-order valence-electron chi connectivity index (χ4n) is 2.14. The van der Waals surface area contributed by atoms with Crippen LogP contribution < -0.4 is 5.32 Å². The Hall–Kier alpha value is -1.55. The number of nitrogens with one attached hydrogen (secondary N) is 1. The number of rotatable bonds is 6. The topological polar surface area (TPSA) is 43.0 Å². The van der Waals surface area contributed by atoms with Crippen LogP contribution in [0.3, 0.4) is 0 Å². The van der Waals surface area contributed by atoms with E-state index >= 15 is 0 Å². The lowest BCUT2D eigenvalue weighted by Gasteiger charge is -2.07. The van der Waals surface area contributed by atoms with Gasteiger partial charge in [-0.3, -0.25) is 4.68 Å². The van der Waals surface area contributed by atoms with Crippen molar-refractivity contribution in [1.29, 1.82) is 0 Å². The predicted octanol–water partition coefficient (Wildman–Crippen LogP) is 3.36. The maximum atomic E-state index is 5.59. The van der Waals surface area contributed by atoms with Crippen molar-refractivity contribution >= 4 is 0 Å². The smallest absolute Gasteiger partial charge is 0.125 e. The van der Waals surface area contributed by atoms with E-state index < -0.39 is 0 Å². The van der Waals surface area contributed by atoms with Crippen LogP contribution in [0.1, 0.15) is 38.6 Å². The van der Waals surface area contributed by atoms with Crippen LogP contribution in [0.5, 0.6) is 0 Å². The van der Waals surface area contributed by atoms with E-state index in [9.17, 15) is 0 Å². The highest BCUT2D eigenvalue weighted by Crippen LogP contribution is 2.27. The highest BCUT2D eigenvalue weighted by atomic mass is 16.3. The van der Waals surface area contributed by atoms with Gasteiger partial charge in [0.2, 0.25) is 0 Å². The van der Waals surface area contributed by atoms with Crippen LogP contribution in [0.4, 0.5) is 0 Å². The SMILES string of the molecule is CCCn1cc(-c2ccoc2CNC(C)C)c(C)n1. The Bertz CT molecular complexity index is 525. The van der Waals surface area contributed by atoms with E-state index in [2.05, 4.69) is 37.4 Å². The molecule has 0 saturated heterocycles. The first kappa shape index (κ1) is 13.9. The lowest BCUT2D eigenvalue weighted by atomic mass is 10.1. The number of furan rings is 1. The maximum absolute atomic E-state index is 5.59. The second kappa shape index (κ2) is 6.06. The molecule has 1 N–H and O–H groups in total. The van der Waals surface area contributed by atoms with E-state index in [0.29, 0.717) is 6.04 Å². The third-order valence-corrected chi connectivity index (χ3v) is 3.11. The Kier molecular flexibility index (Phi) is 4.43. The zero-order valence-corrected chi connectivity index (χ0v) is 12.2. The molecule has 2 heterocycles. The van der Waals surface area contributed by atoms with Gasteiger partial charge in [0.25, 0.3) is 0 Å². The number of hydrogen-bond acceptors (Lipinski definition) is 3. The van der Waals surface area contributed by atoms with Gasteiger partial charge in [-0.05, 0) is 19.4 Å². The molecular formula is C15H23N3O. The van der Waals surface area contributed by atoms with Crippen LogP contribution in [-0.2, 0) is 13.1 Å². The first-order valence-electron chi connectivity index (χ1n) is 6.96. The fraction of sp³-hybridized carbons (Fsp3) is 0.533. The van der Waals surface area contributed by atoms with Gasteiger partial charge in [0.05, 0.1) is 18.5 Å². The van der Waals surface area contributed by atoms with Gasteiger partial charge in [-0.2, -0.15) is 5.10 Å². The van der Waals surface area contributed by atoms with Crippen LogP contribution in [0.2, 0.25) is 0 Å². The molecule has 2 aromatic rings. The van der Waals surface area contributed by atoms with E-state index in [-0.39, 0.29) is 0 Å². The van der Waals surface area contributed by atoms with Gasteiger partial charge >= 0.3 is 0 Å². The van der Waals surface area contributed by atoms with Gasteiger partial charge in [-0.25, -0.2) is 0 Å². The summed E-state index contributed by atoms with van der Waals surface area (Å²) in [5.74, 6) is 0.979. The lowest BCUT2D eigenvalue weighted by molar-refractivity contribution is 0.466. The van der Waals surface area contributed by atoms with Gasteiger partial charge < -0.3 is 9.73 Å². The molecule has 2 aromatic heterocycles. The number of aryl methyl sites for hydroxylation is 2. The largest absolute Gasteiger partial charge is 0.467 e. The van der Waals surface area contributed by atoms with Crippen molar-refractivity contribution in [2.45, 2.75) is 53.2 Å². The molecule has 0 unspecified atom stereocenters. The second-order valence-electron chi connectivity index (χ2n) is 5.18. The lowest BCUT2D eigenvalue weighted by Crippen LogP contribution is -2.21. The molecule has 0 aliphatic heterocycles. The third kappa shape index (κ3) is 3.26. The summed E-state index contributed by atoms with van der Waals surface area (Å²) in [4.78, 5) is 0. The summed E-state index contributed by atoms with van der Waals surface area (Å²) in [5, 5.41) is 7.94. The Labute approximate surface area is 114 Å². The second-order valence-corrected chi connectivity index (χ2v) is 5.18. The standard InChI is InChI=1S/C15H23N3O/c1-5-7-18-10-14(12(4)17-18)13-6-8-19-15(13)9-16-11(2)3/h6,8,10-11,16H,5,7,9H2,1-4H3. The molecule has 0 aromatic carbocycles. The number of hydrogen-bond donors (Lipinski definition) is 1. The first-order valence-corrected chi connectivity index (χ1v) is 6.96. The first-order chi connectivity index (χ1) is 9.11. The summed E-state index contributed by atoms with van der Waals surface area (Å²) >= 11 is 0. The summed E-state index contributed by atoms with van der Waals surface area (Å²) in [5.41, 5.74) is 3.37. The zero-order valence-electron chi connectivity index (χ0n) is 12.2. The molecule has 104 valence electrons. The van der Waals surface area contributed by atoms with Gasteiger partial charge in [-0.15, -0.1) is 0 Å². The minimum absolute atomic E-state index is 0.446.